The number of hydrogen-bond donors (Lipinski definition) is 0. The molecule has 0 aromatic heterocycles. The van der Waals surface area contributed by atoms with Gasteiger partial charge in [0, 0.05) is 0 Å². The Morgan fingerprint density at radius 2 is 0.750 bits per heavy atom. The Morgan fingerprint density at radius 3 is 1.07 bits per heavy atom. The van der Waals surface area contributed by atoms with E-state index in [1.54, 1.807) is 0 Å². The van der Waals surface area contributed by atoms with Crippen LogP contribution in [0.1, 0.15) is 129 Å². The molecule has 0 unspecified atom stereocenters. The predicted octanol–water partition coefficient (Wildman–Crippen LogP) is 6.16. The van der Waals surface area contributed by atoms with E-state index in [-0.39, 0.29) is 17.0 Å². The van der Waals surface area contributed by atoms with Gasteiger partial charge in [-0.05, 0) is 37.8 Å². The zero-order valence-electron chi connectivity index (χ0n) is 19.9. The van der Waals surface area contributed by atoms with Gasteiger partial charge in [-0.25, -0.2) is 0 Å². The summed E-state index contributed by atoms with van der Waals surface area (Å²) in [5, 5.41) is 0. The monoisotopic (exact) mass is 457 g/mol. The number of rotatable bonds is 20. The molecule has 0 radical (unpaired) electrons. The van der Waals surface area contributed by atoms with E-state index in [2.05, 4.69) is 52.5 Å². The first-order valence-electron chi connectivity index (χ1n) is 12.3. The Kier molecular flexibility index (Phi) is 25.0. The summed E-state index contributed by atoms with van der Waals surface area (Å²) in [6.45, 7) is 4.58. The van der Waals surface area contributed by atoms with Crippen molar-refractivity contribution < 1.29 is 21.5 Å². The first kappa shape index (κ1) is 30.1. The molecule has 0 aromatic carbocycles. The molecule has 168 valence electrons. The Bertz CT molecular complexity index is 314. The highest BCUT2D eigenvalue weighted by atomic mass is 79.9. The Labute approximate surface area is 189 Å². The van der Waals surface area contributed by atoms with Crippen molar-refractivity contribution in [1.29, 1.82) is 0 Å². The zero-order chi connectivity index (χ0) is 20.1. The van der Waals surface area contributed by atoms with E-state index in [9.17, 15) is 0 Å². The smallest absolute Gasteiger partial charge is 0.0959 e. The Morgan fingerprint density at radius 1 is 0.464 bits per heavy atom. The van der Waals surface area contributed by atoms with E-state index < -0.39 is 0 Å². The summed E-state index contributed by atoms with van der Waals surface area (Å²) in [6.07, 6.45) is 34.5. The summed E-state index contributed by atoms with van der Waals surface area (Å²) in [4.78, 5) is 0. The lowest BCUT2D eigenvalue weighted by atomic mass is 10.1. The van der Waals surface area contributed by atoms with Crippen molar-refractivity contribution in [2.24, 2.45) is 0 Å². The summed E-state index contributed by atoms with van der Waals surface area (Å²) < 4.78 is 0.883. The van der Waals surface area contributed by atoms with E-state index in [1.807, 2.05) is 0 Å². The minimum Gasteiger partial charge on any atom is -1.00 e. The van der Waals surface area contributed by atoms with Gasteiger partial charge in [-0.2, -0.15) is 0 Å². The molecule has 1 nitrogen and oxygen atoms in total. The van der Waals surface area contributed by atoms with Crippen molar-refractivity contribution in [3.63, 3.8) is 0 Å². The summed E-state index contributed by atoms with van der Waals surface area (Å²) in [5.41, 5.74) is 0. The molecule has 0 spiro atoms. The normalized spacial score (nSPS) is 12.1. The van der Waals surface area contributed by atoms with Crippen LogP contribution in [0.3, 0.4) is 0 Å². The van der Waals surface area contributed by atoms with Gasteiger partial charge in [0.2, 0.25) is 0 Å². The van der Waals surface area contributed by atoms with E-state index in [1.165, 1.54) is 116 Å². The maximum absolute atomic E-state index is 2.39. The highest BCUT2D eigenvalue weighted by Gasteiger charge is 2.04. The van der Waals surface area contributed by atoms with Crippen molar-refractivity contribution in [3.8, 4) is 0 Å². The summed E-state index contributed by atoms with van der Waals surface area (Å²) in [7, 11) is 4.54. The molecule has 2 heteroatoms. The second-order valence-corrected chi connectivity index (χ2v) is 8.93. The van der Waals surface area contributed by atoms with E-state index in [0.717, 1.165) is 4.48 Å². The highest BCUT2D eigenvalue weighted by Crippen LogP contribution is 2.12. The van der Waals surface area contributed by atoms with Crippen LogP contribution in [0.5, 0.6) is 0 Å². The minimum atomic E-state index is 0. The lowest BCUT2D eigenvalue weighted by molar-refractivity contribution is -0.784. The van der Waals surface area contributed by atoms with Crippen LogP contribution in [0.15, 0.2) is 24.6 Å². The fourth-order valence-electron chi connectivity index (χ4n) is 3.53. The van der Waals surface area contributed by atoms with Crippen LogP contribution in [0.2, 0.25) is 0 Å². The van der Waals surface area contributed by atoms with Crippen molar-refractivity contribution in [3.05, 3.63) is 24.6 Å². The molecule has 0 N–H and O–H groups in total. The third-order valence-electron chi connectivity index (χ3n) is 5.43. The molecule has 0 atom stereocenters. The van der Waals surface area contributed by atoms with E-state index >= 15 is 0 Å². The van der Waals surface area contributed by atoms with Gasteiger partial charge >= 0.3 is 0 Å². The lowest BCUT2D eigenvalue weighted by Gasteiger charge is -2.19. The zero-order valence-corrected chi connectivity index (χ0v) is 21.4. The molecule has 0 amide bonds. The van der Waals surface area contributed by atoms with Crippen LogP contribution in [0, 0.1) is 0 Å². The maximum Gasteiger partial charge on any atom is 0.0959 e. The molecule has 0 aliphatic carbocycles. The minimum absolute atomic E-state index is 0. The molecule has 0 bridgehead atoms. The number of quaternary nitrogens is 1. The summed E-state index contributed by atoms with van der Waals surface area (Å²) in [5.74, 6) is 0. The Balaban J connectivity index is 0. The second kappa shape index (κ2) is 23.2. The van der Waals surface area contributed by atoms with Crippen molar-refractivity contribution in [2.75, 3.05) is 14.1 Å². The van der Waals surface area contributed by atoms with Crippen molar-refractivity contribution in [1.82, 2.24) is 0 Å². The second-order valence-electron chi connectivity index (χ2n) is 8.93. The van der Waals surface area contributed by atoms with Crippen molar-refractivity contribution >= 4 is 0 Å². The molecule has 0 aliphatic heterocycles. The molecule has 0 fully saturated rings. The average Bonchev–Trinajstić information content (AvgIpc) is 2.64. The van der Waals surface area contributed by atoms with Gasteiger partial charge in [-0.15, -0.1) is 0 Å². The van der Waals surface area contributed by atoms with Gasteiger partial charge in [0.05, 0.1) is 26.5 Å². The molecule has 0 saturated heterocycles. The first-order chi connectivity index (χ1) is 13.1. The lowest BCUT2D eigenvalue weighted by Crippen LogP contribution is -3.00. The molecular formula is C26H52BrN. The largest absolute Gasteiger partial charge is 1.00 e. The molecule has 0 aliphatic rings. The van der Waals surface area contributed by atoms with E-state index in [0.29, 0.717) is 0 Å². The van der Waals surface area contributed by atoms with Crippen LogP contribution in [0.25, 0.3) is 0 Å². The fourth-order valence-corrected chi connectivity index (χ4v) is 3.53. The van der Waals surface area contributed by atoms with Gasteiger partial charge in [-0.3, -0.25) is 4.48 Å². The highest BCUT2D eigenvalue weighted by molar-refractivity contribution is 4.80. The molecule has 0 heterocycles. The topological polar surface area (TPSA) is 0 Å². The first-order valence-corrected chi connectivity index (χ1v) is 12.3. The van der Waals surface area contributed by atoms with Crippen LogP contribution in [-0.4, -0.2) is 18.6 Å². The average molecular weight is 459 g/mol. The van der Waals surface area contributed by atoms with Gasteiger partial charge in [0.1, 0.15) is 0 Å². The number of halogens is 1. The number of hydrogen-bond acceptors (Lipinski definition) is 0. The van der Waals surface area contributed by atoms with Crippen LogP contribution in [0.4, 0.5) is 0 Å². The SMILES string of the molecule is CCCCCCCCCCC=C[N+](C)(C)C=CCCCCCCCCCC.[Br-]. The summed E-state index contributed by atoms with van der Waals surface area (Å²) >= 11 is 0. The molecule has 0 saturated carbocycles. The molecule has 0 aromatic rings. The third-order valence-corrected chi connectivity index (χ3v) is 5.43. The number of allylic oxidation sites excluding steroid dienone is 2. The van der Waals surface area contributed by atoms with Gasteiger partial charge in [0.25, 0.3) is 0 Å². The van der Waals surface area contributed by atoms with Crippen LogP contribution < -0.4 is 17.0 Å². The quantitative estimate of drug-likeness (QED) is 0.151. The maximum atomic E-state index is 2.39. The summed E-state index contributed by atoms with van der Waals surface area (Å²) in [6, 6.07) is 0. The molecule has 0 rings (SSSR count). The predicted molar refractivity (Wildman–Crippen MR) is 125 cm³/mol. The third kappa shape index (κ3) is 24.0. The van der Waals surface area contributed by atoms with Gasteiger partial charge < -0.3 is 17.0 Å². The van der Waals surface area contributed by atoms with Gasteiger partial charge in [0.15, 0.2) is 0 Å². The fraction of sp³-hybridized carbons (Fsp3) is 0.846. The number of unbranched alkanes of at least 4 members (excludes halogenated alkanes) is 16. The number of nitrogens with zero attached hydrogens (tertiary/aromatic N) is 1. The van der Waals surface area contributed by atoms with E-state index in [4.69, 9.17) is 0 Å². The van der Waals surface area contributed by atoms with Crippen molar-refractivity contribution in [2.45, 2.75) is 129 Å². The standard InChI is InChI=1S/C26H52N.BrH/c1-5-7-9-11-13-15-17-19-21-23-25-27(3,4)26-24-22-20-18-16-14-12-10-8-6-2;/h23-26H,5-22H2,1-4H3;1H/q+1;/p-1. The molecular weight excluding hydrogens is 406 g/mol. The van der Waals surface area contributed by atoms with Gasteiger partial charge in [-0.1, -0.05) is 104 Å². The Hall–Kier alpha value is -0.0800. The van der Waals surface area contributed by atoms with Crippen LogP contribution >= 0.6 is 0 Å². The molecule has 28 heavy (non-hydrogen) atoms. The van der Waals surface area contributed by atoms with Crippen LogP contribution in [-0.2, 0) is 0 Å².